The number of hydrogen-bond donors (Lipinski definition) is 0. The number of alkyl halides is 1. The van der Waals surface area contributed by atoms with Gasteiger partial charge >= 0.3 is 0 Å². The number of benzene rings is 2. The molecule has 5 heteroatoms. The molecule has 0 bridgehead atoms. The summed E-state index contributed by atoms with van der Waals surface area (Å²) >= 11 is 16.7. The fourth-order valence-electron chi connectivity index (χ4n) is 1.75. The van der Waals surface area contributed by atoms with Crippen LogP contribution in [0.1, 0.15) is 16.0 Å². The van der Waals surface area contributed by atoms with Crippen LogP contribution in [0.25, 0.3) is 0 Å². The van der Waals surface area contributed by atoms with Crippen LogP contribution in [0.4, 0.5) is 0 Å². The fourth-order valence-corrected chi connectivity index (χ4v) is 3.29. The van der Waals surface area contributed by atoms with Crippen LogP contribution in [-0.2, 0) is 0 Å². The van der Waals surface area contributed by atoms with Gasteiger partial charge in [0.1, 0.15) is 5.75 Å². The first-order chi connectivity index (χ1) is 9.02. The van der Waals surface area contributed by atoms with E-state index < -0.39 is 0 Å². The minimum atomic E-state index is 0.0357. The minimum absolute atomic E-state index is 0.0357. The smallest absolute Gasteiger partial charge is 0.123 e. The predicted molar refractivity (Wildman–Crippen MR) is 90.6 cm³/mol. The topological polar surface area (TPSA) is 9.23 Å². The molecule has 19 heavy (non-hydrogen) atoms. The van der Waals surface area contributed by atoms with Gasteiger partial charge < -0.3 is 4.74 Å². The molecule has 1 unspecified atom stereocenters. The lowest BCUT2D eigenvalue weighted by atomic mass is 10.0. The molecule has 0 saturated heterocycles. The van der Waals surface area contributed by atoms with Crippen LogP contribution < -0.4 is 4.74 Å². The van der Waals surface area contributed by atoms with Crippen molar-refractivity contribution in [2.75, 3.05) is 7.11 Å². The second-order valence-corrected chi connectivity index (χ2v) is 7.02. The minimum Gasteiger partial charge on any atom is -0.496 e. The Bertz CT molecular complexity index is 601. The maximum atomic E-state index is 6.02. The van der Waals surface area contributed by atoms with Gasteiger partial charge in [0.15, 0.2) is 0 Å². The molecule has 0 aliphatic heterocycles. The van der Waals surface area contributed by atoms with Gasteiger partial charge in [-0.15, -0.1) is 0 Å². The van der Waals surface area contributed by atoms with Crippen LogP contribution in [0.3, 0.4) is 0 Å². The zero-order chi connectivity index (χ0) is 14.0. The summed E-state index contributed by atoms with van der Waals surface area (Å²) in [5.74, 6) is 0.844. The number of methoxy groups -OCH3 is 1. The van der Waals surface area contributed by atoms with Crippen molar-refractivity contribution in [3.8, 4) is 5.75 Å². The number of ether oxygens (including phenoxy) is 1. The van der Waals surface area contributed by atoms with Gasteiger partial charge in [0.25, 0.3) is 0 Å². The van der Waals surface area contributed by atoms with E-state index in [0.29, 0.717) is 5.02 Å². The molecule has 0 fully saturated rings. The Morgan fingerprint density at radius 3 is 2.47 bits per heavy atom. The van der Waals surface area contributed by atoms with E-state index in [4.69, 9.17) is 16.3 Å². The van der Waals surface area contributed by atoms with Crippen LogP contribution in [0.2, 0.25) is 5.02 Å². The monoisotopic (exact) mass is 466 g/mol. The van der Waals surface area contributed by atoms with E-state index in [-0.39, 0.29) is 4.83 Å². The standard InChI is InChI=1S/C14H10Br3ClO/c1-19-13-5-3-9(15)7-10(13)14(17)8-2-4-12(18)11(16)6-8/h2-7,14H,1H3. The SMILES string of the molecule is COc1ccc(Br)cc1C(Br)c1ccc(Cl)c(Br)c1. The number of rotatable bonds is 3. The molecule has 0 spiro atoms. The summed E-state index contributed by atoms with van der Waals surface area (Å²) in [6, 6.07) is 11.8. The van der Waals surface area contributed by atoms with Crippen LogP contribution in [-0.4, -0.2) is 7.11 Å². The highest BCUT2D eigenvalue weighted by atomic mass is 79.9. The van der Waals surface area contributed by atoms with Gasteiger partial charge in [-0.2, -0.15) is 0 Å². The average Bonchev–Trinajstić information content (AvgIpc) is 2.41. The molecule has 2 rings (SSSR count). The maximum Gasteiger partial charge on any atom is 0.123 e. The van der Waals surface area contributed by atoms with Crippen molar-refractivity contribution in [3.05, 3.63) is 61.5 Å². The molecule has 2 aromatic carbocycles. The summed E-state index contributed by atoms with van der Waals surface area (Å²) in [5, 5.41) is 0.699. The van der Waals surface area contributed by atoms with Crippen LogP contribution in [0.5, 0.6) is 5.75 Å². The van der Waals surface area contributed by atoms with Crippen molar-refractivity contribution in [1.29, 1.82) is 0 Å². The Morgan fingerprint density at radius 2 is 1.84 bits per heavy atom. The molecule has 0 saturated carbocycles. The van der Waals surface area contributed by atoms with Gasteiger partial charge in [-0.3, -0.25) is 0 Å². The number of hydrogen-bond acceptors (Lipinski definition) is 1. The van der Waals surface area contributed by atoms with Crippen molar-refractivity contribution < 1.29 is 4.74 Å². The average molecular weight is 469 g/mol. The van der Waals surface area contributed by atoms with E-state index >= 15 is 0 Å². The van der Waals surface area contributed by atoms with Crippen molar-refractivity contribution in [2.45, 2.75) is 4.83 Å². The summed E-state index contributed by atoms with van der Waals surface area (Å²) in [5.41, 5.74) is 2.17. The molecule has 0 aromatic heterocycles. The highest BCUT2D eigenvalue weighted by Crippen LogP contribution is 2.39. The quantitative estimate of drug-likeness (QED) is 0.476. The summed E-state index contributed by atoms with van der Waals surface area (Å²) < 4.78 is 7.30. The van der Waals surface area contributed by atoms with Crippen molar-refractivity contribution in [2.24, 2.45) is 0 Å². The largest absolute Gasteiger partial charge is 0.496 e. The van der Waals surface area contributed by atoms with E-state index in [2.05, 4.69) is 47.8 Å². The Morgan fingerprint density at radius 1 is 1.11 bits per heavy atom. The van der Waals surface area contributed by atoms with Crippen molar-refractivity contribution in [1.82, 2.24) is 0 Å². The summed E-state index contributed by atoms with van der Waals surface area (Å²) in [6.45, 7) is 0. The highest BCUT2D eigenvalue weighted by Gasteiger charge is 2.16. The van der Waals surface area contributed by atoms with Crippen LogP contribution in [0.15, 0.2) is 45.3 Å². The summed E-state index contributed by atoms with van der Waals surface area (Å²) in [4.78, 5) is 0.0357. The molecule has 0 aliphatic carbocycles. The second-order valence-electron chi connectivity index (χ2n) is 3.92. The van der Waals surface area contributed by atoms with Gasteiger partial charge in [-0.25, -0.2) is 0 Å². The lowest BCUT2D eigenvalue weighted by molar-refractivity contribution is 0.410. The summed E-state index contributed by atoms with van der Waals surface area (Å²) in [6.07, 6.45) is 0. The number of halogens is 4. The molecule has 0 N–H and O–H groups in total. The molecule has 1 atom stereocenters. The molecule has 1 nitrogen and oxygen atoms in total. The molecular weight excluding hydrogens is 459 g/mol. The van der Waals surface area contributed by atoms with Crippen LogP contribution in [0, 0.1) is 0 Å². The molecular formula is C14H10Br3ClO. The molecule has 100 valence electrons. The summed E-state index contributed by atoms with van der Waals surface area (Å²) in [7, 11) is 1.67. The molecule has 0 aliphatic rings. The van der Waals surface area contributed by atoms with E-state index in [1.807, 2.05) is 36.4 Å². The maximum absolute atomic E-state index is 6.02. The zero-order valence-electron chi connectivity index (χ0n) is 9.96. The van der Waals surface area contributed by atoms with Gasteiger partial charge in [-0.1, -0.05) is 49.5 Å². The molecule has 0 radical (unpaired) electrons. The Hall–Kier alpha value is -0.0300. The molecule has 0 heterocycles. The van der Waals surface area contributed by atoms with Crippen molar-refractivity contribution >= 4 is 59.4 Å². The van der Waals surface area contributed by atoms with E-state index in [1.54, 1.807) is 7.11 Å². The fraction of sp³-hybridized carbons (Fsp3) is 0.143. The first-order valence-electron chi connectivity index (χ1n) is 5.45. The van der Waals surface area contributed by atoms with E-state index in [1.165, 1.54) is 0 Å². The van der Waals surface area contributed by atoms with Gasteiger partial charge in [0, 0.05) is 14.5 Å². The highest BCUT2D eigenvalue weighted by molar-refractivity contribution is 9.11. The van der Waals surface area contributed by atoms with Gasteiger partial charge in [-0.05, 0) is 51.8 Å². The van der Waals surface area contributed by atoms with Crippen LogP contribution >= 0.6 is 59.4 Å². The molecule has 0 amide bonds. The first kappa shape index (κ1) is 15.4. The first-order valence-corrected chi connectivity index (χ1v) is 8.33. The third-order valence-corrected chi connectivity index (χ3v) is 5.43. The Labute approximate surface area is 142 Å². The molecule has 2 aromatic rings. The lowest BCUT2D eigenvalue weighted by Crippen LogP contribution is -1.97. The Kier molecular flexibility index (Phi) is 5.35. The third kappa shape index (κ3) is 3.54. The zero-order valence-corrected chi connectivity index (χ0v) is 15.5. The Balaban J connectivity index is 2.45. The predicted octanol–water partition coefficient (Wildman–Crippen LogP) is 6.36. The second kappa shape index (κ2) is 6.61. The van der Waals surface area contributed by atoms with Gasteiger partial charge in [0.2, 0.25) is 0 Å². The van der Waals surface area contributed by atoms with Crippen molar-refractivity contribution in [3.63, 3.8) is 0 Å². The van der Waals surface area contributed by atoms with E-state index in [0.717, 1.165) is 25.8 Å². The lowest BCUT2D eigenvalue weighted by Gasteiger charge is -2.15. The van der Waals surface area contributed by atoms with Gasteiger partial charge in [0.05, 0.1) is 17.0 Å². The van der Waals surface area contributed by atoms with E-state index in [9.17, 15) is 0 Å². The normalized spacial score (nSPS) is 12.3. The third-order valence-electron chi connectivity index (χ3n) is 2.70.